The van der Waals surface area contributed by atoms with Crippen LogP contribution in [0.1, 0.15) is 32.6 Å². The lowest BCUT2D eigenvalue weighted by Crippen LogP contribution is -2.08. The van der Waals surface area contributed by atoms with Gasteiger partial charge in [-0.1, -0.05) is 13.3 Å². The largest absolute Gasteiger partial charge is 0.465 e. The van der Waals surface area contributed by atoms with Crippen LogP contribution in [0.3, 0.4) is 0 Å². The normalized spacial score (nSPS) is 11.1. The summed E-state index contributed by atoms with van der Waals surface area (Å²) in [5.74, 6) is 4.40. The minimum atomic E-state index is -0.161. The summed E-state index contributed by atoms with van der Waals surface area (Å²) in [7, 11) is 0. The van der Waals surface area contributed by atoms with E-state index in [1.165, 1.54) is 0 Å². The molecule has 0 spiro atoms. The van der Waals surface area contributed by atoms with E-state index >= 15 is 0 Å². The molecule has 0 aromatic carbocycles. The van der Waals surface area contributed by atoms with Crippen LogP contribution >= 0.6 is 82.3 Å². The Bertz CT molecular complexity index is 494. The van der Waals surface area contributed by atoms with Gasteiger partial charge in [0.2, 0.25) is 0 Å². The number of esters is 2. The van der Waals surface area contributed by atoms with Gasteiger partial charge in [0.15, 0.2) is 0 Å². The number of aliphatic hydroxyl groups excluding tert-OH is 1. The van der Waals surface area contributed by atoms with Crippen molar-refractivity contribution in [2.75, 3.05) is 87.9 Å². The Morgan fingerprint density at radius 3 is 1.58 bits per heavy atom. The molecule has 0 heterocycles. The average molecular weight is 643 g/mol. The van der Waals surface area contributed by atoms with Gasteiger partial charge in [0.1, 0.15) is 13.2 Å². The number of hydrogen-bond acceptors (Lipinski definition) is 14. The SMILES string of the molecule is CCCCOOCCSCSCSCCOC(=O)CCSCSCSCCC(=O)OCCSCCO. The van der Waals surface area contributed by atoms with Crippen molar-refractivity contribution in [3.63, 3.8) is 0 Å². The zero-order chi connectivity index (χ0) is 26.4. The lowest BCUT2D eigenvalue weighted by Gasteiger charge is -2.06. The fraction of sp³-hybridized carbons (Fsp3) is 0.909. The third-order valence-corrected chi connectivity index (χ3v) is 11.9. The number of carbonyl (C=O) groups excluding carboxylic acids is 2. The van der Waals surface area contributed by atoms with Crippen LogP contribution in [0.5, 0.6) is 0 Å². The number of aliphatic hydroxyl groups is 1. The van der Waals surface area contributed by atoms with E-state index in [0.717, 1.165) is 61.9 Å². The van der Waals surface area contributed by atoms with Gasteiger partial charge in [0.05, 0.1) is 32.7 Å². The van der Waals surface area contributed by atoms with E-state index < -0.39 is 0 Å². The van der Waals surface area contributed by atoms with Crippen molar-refractivity contribution >= 4 is 94.3 Å². The molecule has 214 valence electrons. The molecule has 0 aliphatic rings. The fourth-order valence-electron chi connectivity index (χ4n) is 2.00. The summed E-state index contributed by atoms with van der Waals surface area (Å²) in [6, 6.07) is 0. The predicted octanol–water partition coefficient (Wildman–Crippen LogP) is 5.56. The lowest BCUT2D eigenvalue weighted by molar-refractivity contribution is -0.290. The number of ether oxygens (including phenoxy) is 2. The maximum absolute atomic E-state index is 11.8. The summed E-state index contributed by atoms with van der Waals surface area (Å²) in [4.78, 5) is 33.5. The van der Waals surface area contributed by atoms with E-state index in [1.54, 1.807) is 58.8 Å². The molecule has 0 saturated heterocycles. The van der Waals surface area contributed by atoms with E-state index in [2.05, 4.69) is 6.92 Å². The molecule has 14 heteroatoms. The van der Waals surface area contributed by atoms with E-state index in [9.17, 15) is 9.59 Å². The van der Waals surface area contributed by atoms with Gasteiger partial charge in [-0.25, -0.2) is 9.78 Å². The molecule has 0 unspecified atom stereocenters. The third kappa shape index (κ3) is 31.5. The first-order valence-electron chi connectivity index (χ1n) is 11.9. The van der Waals surface area contributed by atoms with Crippen LogP contribution in [0.25, 0.3) is 0 Å². The van der Waals surface area contributed by atoms with Crippen LogP contribution in [0.2, 0.25) is 0 Å². The van der Waals surface area contributed by atoms with Crippen LogP contribution in [0.15, 0.2) is 0 Å². The molecule has 0 radical (unpaired) electrons. The monoisotopic (exact) mass is 642 g/mol. The molecule has 0 aromatic rings. The standard InChI is InChI=1S/C22H42O7S7/c1-2-3-7-28-29-10-16-34-20-36-19-33-15-9-27-22(25)5-12-32-18-35-17-31-11-4-21(24)26-8-14-30-13-6-23/h23H,2-20H2,1H3. The summed E-state index contributed by atoms with van der Waals surface area (Å²) in [5.41, 5.74) is 0. The van der Waals surface area contributed by atoms with Crippen LogP contribution < -0.4 is 0 Å². The van der Waals surface area contributed by atoms with Gasteiger partial charge in [-0.3, -0.25) is 9.59 Å². The van der Waals surface area contributed by atoms with Crippen molar-refractivity contribution in [3.05, 3.63) is 0 Å². The van der Waals surface area contributed by atoms with E-state index in [-0.39, 0.29) is 18.5 Å². The van der Waals surface area contributed by atoms with Crippen molar-refractivity contribution < 1.29 is 33.9 Å². The average Bonchev–Trinajstić information content (AvgIpc) is 2.87. The Labute approximate surface area is 247 Å². The molecule has 36 heavy (non-hydrogen) atoms. The summed E-state index contributed by atoms with van der Waals surface area (Å²) in [5, 5.41) is 12.5. The Balaban J connectivity index is 3.22. The Kier molecular flexibility index (Phi) is 33.6. The van der Waals surface area contributed by atoms with Crippen LogP contribution in [0, 0.1) is 0 Å². The second-order valence-electron chi connectivity index (χ2n) is 6.79. The number of thioether (sulfide) groups is 7. The lowest BCUT2D eigenvalue weighted by atomic mass is 10.4. The van der Waals surface area contributed by atoms with Gasteiger partial charge < -0.3 is 14.6 Å². The molecule has 0 fully saturated rings. The Morgan fingerprint density at radius 1 is 0.583 bits per heavy atom. The maximum Gasteiger partial charge on any atom is 0.306 e. The molecule has 0 aliphatic heterocycles. The second kappa shape index (κ2) is 32.5. The van der Waals surface area contributed by atoms with Gasteiger partial charge in [-0.15, -0.1) is 47.0 Å². The summed E-state index contributed by atoms with van der Waals surface area (Å²) < 4.78 is 10.4. The molecule has 0 aromatic heterocycles. The first-order chi connectivity index (χ1) is 17.7. The van der Waals surface area contributed by atoms with Crippen molar-refractivity contribution in [1.29, 1.82) is 0 Å². The molecule has 0 aliphatic carbocycles. The summed E-state index contributed by atoms with van der Waals surface area (Å²) >= 11 is 12.3. The summed E-state index contributed by atoms with van der Waals surface area (Å²) in [6.07, 6.45) is 3.02. The second-order valence-corrected chi connectivity index (χ2v) is 15.9. The molecular formula is C22H42O7S7. The van der Waals surface area contributed by atoms with Gasteiger partial charge in [-0.2, -0.15) is 35.3 Å². The number of unbranched alkanes of at least 4 members (excludes halogenated alkanes) is 1. The highest BCUT2D eigenvalue weighted by Crippen LogP contribution is 2.19. The van der Waals surface area contributed by atoms with E-state index in [1.807, 2.05) is 23.5 Å². The third-order valence-electron chi connectivity index (χ3n) is 3.76. The van der Waals surface area contributed by atoms with Crippen LogP contribution in [0.4, 0.5) is 0 Å². The topological polar surface area (TPSA) is 91.3 Å². The highest BCUT2D eigenvalue weighted by molar-refractivity contribution is 8.23. The molecule has 0 saturated carbocycles. The molecule has 0 amide bonds. The molecule has 0 atom stereocenters. The maximum atomic E-state index is 11.8. The van der Waals surface area contributed by atoms with Gasteiger partial charge in [0, 0.05) is 54.9 Å². The Morgan fingerprint density at radius 2 is 1.06 bits per heavy atom. The molecule has 0 rings (SSSR count). The van der Waals surface area contributed by atoms with Crippen molar-refractivity contribution in [1.82, 2.24) is 0 Å². The molecule has 7 nitrogen and oxygen atoms in total. The molecular weight excluding hydrogens is 601 g/mol. The van der Waals surface area contributed by atoms with Gasteiger partial charge >= 0.3 is 11.9 Å². The first kappa shape index (κ1) is 37.3. The highest BCUT2D eigenvalue weighted by atomic mass is 32.2. The number of carbonyl (C=O) groups is 2. The van der Waals surface area contributed by atoms with Crippen molar-refractivity contribution in [3.8, 4) is 0 Å². The minimum absolute atomic E-state index is 0.125. The zero-order valence-corrected chi connectivity index (χ0v) is 26.9. The van der Waals surface area contributed by atoms with Crippen molar-refractivity contribution in [2.24, 2.45) is 0 Å². The highest BCUT2D eigenvalue weighted by Gasteiger charge is 2.04. The number of hydrogen-bond donors (Lipinski definition) is 1. The van der Waals surface area contributed by atoms with Gasteiger partial charge in [-0.05, 0) is 6.42 Å². The molecule has 0 bridgehead atoms. The van der Waals surface area contributed by atoms with Crippen molar-refractivity contribution in [2.45, 2.75) is 32.6 Å². The smallest absolute Gasteiger partial charge is 0.306 e. The van der Waals surface area contributed by atoms with Gasteiger partial charge in [0.25, 0.3) is 0 Å². The first-order valence-corrected chi connectivity index (χ1v) is 20.0. The quantitative estimate of drug-likeness (QED) is 0.0363. The fourth-order valence-corrected chi connectivity index (χ4v) is 9.09. The van der Waals surface area contributed by atoms with E-state index in [4.69, 9.17) is 24.4 Å². The predicted molar refractivity (Wildman–Crippen MR) is 167 cm³/mol. The summed E-state index contributed by atoms with van der Waals surface area (Å²) in [6.45, 7) is 4.46. The van der Waals surface area contributed by atoms with Crippen LogP contribution in [-0.2, 0) is 28.8 Å². The Hall–Kier alpha value is 1.27. The van der Waals surface area contributed by atoms with E-state index in [0.29, 0.717) is 45.0 Å². The minimum Gasteiger partial charge on any atom is -0.465 e. The molecule has 1 N–H and O–H groups in total. The van der Waals surface area contributed by atoms with Crippen LogP contribution in [-0.4, -0.2) is 105 Å². The number of rotatable bonds is 29. The zero-order valence-electron chi connectivity index (χ0n) is 21.2.